The predicted molar refractivity (Wildman–Crippen MR) is 70.2 cm³/mol. The van der Waals surface area contributed by atoms with Gasteiger partial charge in [-0.2, -0.15) is 11.8 Å². The number of ether oxygens (including phenoxy) is 2. The molecule has 2 aliphatic rings. The van der Waals surface area contributed by atoms with Crippen molar-refractivity contribution < 1.29 is 24.2 Å². The number of hydrogen-bond donors (Lipinski definition) is 2. The minimum Gasteiger partial charge on any atom is -0.480 e. The molecule has 2 heterocycles. The molecule has 0 aromatic carbocycles. The van der Waals surface area contributed by atoms with E-state index in [4.69, 9.17) is 14.6 Å². The Hall–Kier alpha value is -0.790. The number of amides is 1. The van der Waals surface area contributed by atoms with Gasteiger partial charge in [0, 0.05) is 30.6 Å². The molecule has 0 aliphatic carbocycles. The summed E-state index contributed by atoms with van der Waals surface area (Å²) in [5.74, 6) is -0.610. The van der Waals surface area contributed by atoms with Gasteiger partial charge in [0.25, 0.3) is 0 Å². The molecule has 3 atom stereocenters. The van der Waals surface area contributed by atoms with E-state index in [9.17, 15) is 9.59 Å². The van der Waals surface area contributed by atoms with E-state index < -0.39 is 12.0 Å². The standard InChI is InChI=1S/C12H19NO5S/c14-8-13-10(11(15)16)6-19-9-1-3-18-12(5-9)2-4-17-7-12/h8-10H,1-7H2,(H,13,14)(H,15,16). The summed E-state index contributed by atoms with van der Waals surface area (Å²) in [5, 5.41) is 11.7. The van der Waals surface area contributed by atoms with Crippen molar-refractivity contribution in [1.82, 2.24) is 5.32 Å². The average Bonchev–Trinajstić information content (AvgIpc) is 2.82. The largest absolute Gasteiger partial charge is 0.480 e. The van der Waals surface area contributed by atoms with Crippen molar-refractivity contribution in [3.8, 4) is 0 Å². The summed E-state index contributed by atoms with van der Waals surface area (Å²) >= 11 is 1.60. The van der Waals surface area contributed by atoms with Gasteiger partial charge in [0.15, 0.2) is 0 Å². The van der Waals surface area contributed by atoms with Crippen LogP contribution < -0.4 is 5.32 Å². The van der Waals surface area contributed by atoms with Gasteiger partial charge in [-0.1, -0.05) is 0 Å². The minimum atomic E-state index is -0.995. The fraction of sp³-hybridized carbons (Fsp3) is 0.833. The fourth-order valence-corrected chi connectivity index (χ4v) is 3.88. The van der Waals surface area contributed by atoms with E-state index in [-0.39, 0.29) is 5.60 Å². The maximum Gasteiger partial charge on any atom is 0.327 e. The Bertz CT molecular complexity index is 332. The third kappa shape index (κ3) is 3.84. The van der Waals surface area contributed by atoms with Gasteiger partial charge in [-0.05, 0) is 12.8 Å². The first-order valence-corrected chi connectivity index (χ1v) is 7.46. The quantitative estimate of drug-likeness (QED) is 0.682. The van der Waals surface area contributed by atoms with Crippen molar-refractivity contribution in [2.24, 2.45) is 0 Å². The van der Waals surface area contributed by atoms with Crippen LogP contribution in [0.2, 0.25) is 0 Å². The van der Waals surface area contributed by atoms with Crippen LogP contribution in [0.4, 0.5) is 0 Å². The van der Waals surface area contributed by atoms with E-state index in [1.807, 2.05) is 0 Å². The highest BCUT2D eigenvalue weighted by Gasteiger charge is 2.41. The van der Waals surface area contributed by atoms with E-state index in [1.54, 1.807) is 11.8 Å². The van der Waals surface area contributed by atoms with E-state index in [0.29, 0.717) is 30.6 Å². The van der Waals surface area contributed by atoms with Crippen LogP contribution in [0.5, 0.6) is 0 Å². The van der Waals surface area contributed by atoms with Crippen LogP contribution in [-0.4, -0.2) is 60.0 Å². The van der Waals surface area contributed by atoms with Crippen molar-refractivity contribution in [3.05, 3.63) is 0 Å². The summed E-state index contributed by atoms with van der Waals surface area (Å²) in [6, 6.07) is -0.818. The van der Waals surface area contributed by atoms with Crippen molar-refractivity contribution in [2.45, 2.75) is 36.2 Å². The van der Waals surface area contributed by atoms with Gasteiger partial charge in [-0.15, -0.1) is 0 Å². The summed E-state index contributed by atoms with van der Waals surface area (Å²) in [6.07, 6.45) is 3.17. The number of carboxylic acid groups (broad SMARTS) is 1. The smallest absolute Gasteiger partial charge is 0.327 e. The highest BCUT2D eigenvalue weighted by Crippen LogP contribution is 2.37. The Morgan fingerprint density at radius 3 is 3.05 bits per heavy atom. The zero-order valence-corrected chi connectivity index (χ0v) is 11.5. The molecule has 0 radical (unpaired) electrons. The zero-order valence-electron chi connectivity index (χ0n) is 10.7. The Labute approximate surface area is 116 Å². The number of rotatable bonds is 6. The second kappa shape index (κ2) is 6.58. The summed E-state index contributed by atoms with van der Waals surface area (Å²) < 4.78 is 11.2. The lowest BCUT2D eigenvalue weighted by Gasteiger charge is -2.37. The highest BCUT2D eigenvalue weighted by atomic mass is 32.2. The monoisotopic (exact) mass is 289 g/mol. The van der Waals surface area contributed by atoms with Crippen LogP contribution in [-0.2, 0) is 19.1 Å². The molecule has 2 N–H and O–H groups in total. The summed E-state index contributed by atoms with van der Waals surface area (Å²) in [5.41, 5.74) is -0.160. The molecule has 2 aliphatic heterocycles. The average molecular weight is 289 g/mol. The van der Waals surface area contributed by atoms with E-state index in [2.05, 4.69) is 5.32 Å². The molecule has 2 saturated heterocycles. The number of carbonyl (C=O) groups excluding carboxylic acids is 1. The molecule has 0 bridgehead atoms. The second-order valence-electron chi connectivity index (χ2n) is 4.96. The Morgan fingerprint density at radius 2 is 2.42 bits per heavy atom. The maximum atomic E-state index is 10.9. The number of thioether (sulfide) groups is 1. The van der Waals surface area contributed by atoms with Crippen LogP contribution in [0.15, 0.2) is 0 Å². The maximum absolute atomic E-state index is 10.9. The molecule has 1 amide bonds. The molecule has 0 saturated carbocycles. The first kappa shape index (κ1) is 14.6. The van der Waals surface area contributed by atoms with Crippen LogP contribution in [0.3, 0.4) is 0 Å². The topological polar surface area (TPSA) is 84.9 Å². The molecule has 3 unspecified atom stereocenters. The molecule has 19 heavy (non-hydrogen) atoms. The first-order chi connectivity index (χ1) is 9.15. The molecule has 7 heteroatoms. The number of carboxylic acids is 1. The van der Waals surface area contributed by atoms with Crippen molar-refractivity contribution in [2.75, 3.05) is 25.6 Å². The highest BCUT2D eigenvalue weighted by molar-refractivity contribution is 8.00. The van der Waals surface area contributed by atoms with Crippen molar-refractivity contribution in [3.63, 3.8) is 0 Å². The summed E-state index contributed by atoms with van der Waals surface area (Å²) in [4.78, 5) is 21.3. The van der Waals surface area contributed by atoms with Crippen LogP contribution in [0, 0.1) is 0 Å². The van der Waals surface area contributed by atoms with E-state index >= 15 is 0 Å². The summed E-state index contributed by atoms with van der Waals surface area (Å²) in [7, 11) is 0. The van der Waals surface area contributed by atoms with Gasteiger partial charge in [-0.3, -0.25) is 4.79 Å². The lowest BCUT2D eigenvalue weighted by atomic mass is 9.93. The van der Waals surface area contributed by atoms with Crippen LogP contribution in [0.25, 0.3) is 0 Å². The van der Waals surface area contributed by atoms with Gasteiger partial charge in [-0.25, -0.2) is 4.79 Å². The van der Waals surface area contributed by atoms with E-state index in [0.717, 1.165) is 25.9 Å². The van der Waals surface area contributed by atoms with Crippen LogP contribution >= 0.6 is 11.8 Å². The third-order valence-electron chi connectivity index (χ3n) is 3.58. The zero-order chi connectivity index (χ0) is 13.7. The third-order valence-corrected chi connectivity index (χ3v) is 4.98. The number of nitrogens with one attached hydrogen (secondary N) is 1. The van der Waals surface area contributed by atoms with E-state index in [1.165, 1.54) is 0 Å². The Morgan fingerprint density at radius 1 is 1.58 bits per heavy atom. The molecule has 0 aromatic rings. The second-order valence-corrected chi connectivity index (χ2v) is 6.29. The lowest BCUT2D eigenvalue weighted by molar-refractivity contribution is -0.139. The van der Waals surface area contributed by atoms with Gasteiger partial charge in [0.05, 0.1) is 12.2 Å². The molecular weight excluding hydrogens is 270 g/mol. The first-order valence-electron chi connectivity index (χ1n) is 6.41. The Balaban J connectivity index is 1.81. The molecule has 6 nitrogen and oxygen atoms in total. The molecule has 2 fully saturated rings. The van der Waals surface area contributed by atoms with Gasteiger partial charge < -0.3 is 19.9 Å². The normalized spacial score (nSPS) is 32.1. The number of carbonyl (C=O) groups is 2. The number of hydrogen-bond acceptors (Lipinski definition) is 5. The molecule has 1 spiro atoms. The molecular formula is C12H19NO5S. The van der Waals surface area contributed by atoms with Crippen molar-refractivity contribution >= 4 is 24.1 Å². The molecule has 0 aromatic heterocycles. The molecule has 108 valence electrons. The Kier molecular flexibility index (Phi) is 5.06. The van der Waals surface area contributed by atoms with Gasteiger partial charge in [0.2, 0.25) is 6.41 Å². The van der Waals surface area contributed by atoms with Gasteiger partial charge in [0.1, 0.15) is 6.04 Å². The minimum absolute atomic E-state index is 0.160. The van der Waals surface area contributed by atoms with Crippen molar-refractivity contribution in [1.29, 1.82) is 0 Å². The fourth-order valence-electron chi connectivity index (χ4n) is 2.49. The summed E-state index contributed by atoms with van der Waals surface area (Å²) in [6.45, 7) is 2.07. The lowest BCUT2D eigenvalue weighted by Crippen LogP contribution is -2.43. The predicted octanol–water partition coefficient (Wildman–Crippen LogP) is 0.257. The van der Waals surface area contributed by atoms with Crippen LogP contribution in [0.1, 0.15) is 19.3 Å². The molecule has 2 rings (SSSR count). The van der Waals surface area contributed by atoms with Gasteiger partial charge >= 0.3 is 5.97 Å². The SMILES string of the molecule is O=CNC(CSC1CCOC2(CCOC2)C1)C(=O)O. The number of aliphatic carboxylic acids is 1.